The van der Waals surface area contributed by atoms with E-state index >= 15 is 0 Å². The lowest BCUT2D eigenvalue weighted by atomic mass is 10.1. The Morgan fingerprint density at radius 3 is 2.19 bits per heavy atom. The van der Waals surface area contributed by atoms with Crippen molar-refractivity contribution in [3.8, 4) is 11.5 Å². The number of anilines is 1. The molecular formula is C20H22N2O4. The van der Waals surface area contributed by atoms with Crippen LogP contribution in [0, 0.1) is 0 Å². The molecule has 0 unspecified atom stereocenters. The molecule has 3 rings (SSSR count). The number of nitrogens with one attached hydrogen (secondary N) is 1. The van der Waals surface area contributed by atoms with Crippen LogP contribution < -0.4 is 19.7 Å². The normalized spacial score (nSPS) is 16.5. The van der Waals surface area contributed by atoms with E-state index in [0.717, 1.165) is 22.7 Å². The number of rotatable bonds is 6. The van der Waals surface area contributed by atoms with E-state index < -0.39 is 0 Å². The Balaban J connectivity index is 1.56. The van der Waals surface area contributed by atoms with Crippen LogP contribution in [0.3, 0.4) is 0 Å². The van der Waals surface area contributed by atoms with E-state index in [1.54, 1.807) is 19.1 Å². The third kappa shape index (κ3) is 4.14. The Morgan fingerprint density at radius 2 is 1.62 bits per heavy atom. The van der Waals surface area contributed by atoms with Gasteiger partial charge >= 0.3 is 0 Å². The first-order valence-corrected chi connectivity index (χ1v) is 8.46. The lowest BCUT2D eigenvalue weighted by molar-refractivity contribution is -0.121. The van der Waals surface area contributed by atoms with Crippen molar-refractivity contribution in [3.05, 3.63) is 54.1 Å². The third-order valence-electron chi connectivity index (χ3n) is 4.40. The highest BCUT2D eigenvalue weighted by Crippen LogP contribution is 2.24. The maximum absolute atomic E-state index is 12.3. The fraction of sp³-hybridized carbons (Fsp3) is 0.300. The van der Waals surface area contributed by atoms with Crippen LogP contribution in [-0.2, 0) is 16.0 Å². The average Bonchev–Trinajstić information content (AvgIpc) is 3.02. The van der Waals surface area contributed by atoms with Gasteiger partial charge in [-0.05, 0) is 42.0 Å². The second-order valence-corrected chi connectivity index (χ2v) is 6.20. The van der Waals surface area contributed by atoms with Gasteiger partial charge in [-0.1, -0.05) is 12.1 Å². The van der Waals surface area contributed by atoms with Gasteiger partial charge in [-0.3, -0.25) is 9.59 Å². The Bertz CT molecular complexity index is 771. The second kappa shape index (κ2) is 7.91. The minimum Gasteiger partial charge on any atom is -0.497 e. The molecule has 2 aromatic rings. The van der Waals surface area contributed by atoms with E-state index in [1.807, 2.05) is 48.5 Å². The summed E-state index contributed by atoms with van der Waals surface area (Å²) in [5.41, 5.74) is 1.71. The SMILES string of the molecule is COc1ccc(CC(=O)N[C@@H]2CC(=O)N(c3ccc(OC)cc3)C2)cc1. The largest absolute Gasteiger partial charge is 0.497 e. The number of carbonyl (C=O) groups excluding carboxylic acids is 2. The van der Waals surface area contributed by atoms with E-state index in [0.29, 0.717) is 13.0 Å². The molecule has 0 aromatic heterocycles. The zero-order valence-electron chi connectivity index (χ0n) is 14.9. The summed E-state index contributed by atoms with van der Waals surface area (Å²) in [4.78, 5) is 26.2. The molecule has 1 fully saturated rings. The van der Waals surface area contributed by atoms with Gasteiger partial charge in [0.05, 0.1) is 26.7 Å². The van der Waals surface area contributed by atoms with Gasteiger partial charge in [0.25, 0.3) is 0 Å². The van der Waals surface area contributed by atoms with Crippen LogP contribution in [0.15, 0.2) is 48.5 Å². The highest BCUT2D eigenvalue weighted by Gasteiger charge is 2.31. The lowest BCUT2D eigenvalue weighted by Gasteiger charge is -2.17. The molecule has 0 saturated carbocycles. The van der Waals surface area contributed by atoms with E-state index in [9.17, 15) is 9.59 Å². The van der Waals surface area contributed by atoms with Crippen molar-refractivity contribution in [1.29, 1.82) is 0 Å². The summed E-state index contributed by atoms with van der Waals surface area (Å²) in [5.74, 6) is 1.41. The molecule has 1 atom stereocenters. The molecule has 0 aliphatic carbocycles. The fourth-order valence-electron chi connectivity index (χ4n) is 3.02. The maximum atomic E-state index is 12.3. The van der Waals surface area contributed by atoms with Crippen molar-refractivity contribution < 1.29 is 19.1 Å². The first kappa shape index (κ1) is 17.8. The van der Waals surface area contributed by atoms with Crippen LogP contribution in [0.5, 0.6) is 11.5 Å². The number of amides is 2. The van der Waals surface area contributed by atoms with Gasteiger partial charge in [-0.15, -0.1) is 0 Å². The molecule has 26 heavy (non-hydrogen) atoms. The lowest BCUT2D eigenvalue weighted by Crippen LogP contribution is -2.38. The Labute approximate surface area is 152 Å². The summed E-state index contributed by atoms with van der Waals surface area (Å²) in [6, 6.07) is 14.5. The number of benzene rings is 2. The Kier molecular flexibility index (Phi) is 5.41. The number of hydrogen-bond donors (Lipinski definition) is 1. The molecule has 2 amide bonds. The first-order valence-electron chi connectivity index (χ1n) is 8.46. The molecule has 1 aliphatic rings. The highest BCUT2D eigenvalue weighted by molar-refractivity contribution is 5.97. The van der Waals surface area contributed by atoms with E-state index in [4.69, 9.17) is 9.47 Å². The summed E-state index contributed by atoms with van der Waals surface area (Å²) < 4.78 is 10.2. The topological polar surface area (TPSA) is 67.9 Å². The van der Waals surface area contributed by atoms with Crippen molar-refractivity contribution in [2.45, 2.75) is 18.9 Å². The van der Waals surface area contributed by atoms with E-state index in [1.165, 1.54) is 0 Å². The second-order valence-electron chi connectivity index (χ2n) is 6.20. The van der Waals surface area contributed by atoms with Crippen molar-refractivity contribution in [1.82, 2.24) is 5.32 Å². The fourth-order valence-corrected chi connectivity index (χ4v) is 3.02. The van der Waals surface area contributed by atoms with Crippen LogP contribution in [-0.4, -0.2) is 38.6 Å². The Morgan fingerprint density at radius 1 is 1.04 bits per heavy atom. The van der Waals surface area contributed by atoms with Gasteiger partial charge in [0.1, 0.15) is 11.5 Å². The van der Waals surface area contributed by atoms with Gasteiger partial charge in [0.2, 0.25) is 11.8 Å². The van der Waals surface area contributed by atoms with Crippen LogP contribution >= 0.6 is 0 Å². The maximum Gasteiger partial charge on any atom is 0.229 e. The van der Waals surface area contributed by atoms with Gasteiger partial charge in [-0.25, -0.2) is 0 Å². The molecule has 136 valence electrons. The quantitative estimate of drug-likeness (QED) is 0.863. The van der Waals surface area contributed by atoms with Crippen LogP contribution in [0.2, 0.25) is 0 Å². The standard InChI is InChI=1S/C20H22N2O4/c1-25-17-7-3-14(4-8-17)11-19(23)21-15-12-20(24)22(13-15)16-5-9-18(26-2)10-6-16/h3-10,15H,11-13H2,1-2H3,(H,21,23)/t15-/m1/s1. The molecule has 2 aromatic carbocycles. The monoisotopic (exact) mass is 354 g/mol. The van der Waals surface area contributed by atoms with Crippen molar-refractivity contribution in [2.24, 2.45) is 0 Å². The van der Waals surface area contributed by atoms with E-state index in [-0.39, 0.29) is 24.3 Å². The van der Waals surface area contributed by atoms with Crippen molar-refractivity contribution in [3.63, 3.8) is 0 Å². The molecule has 0 radical (unpaired) electrons. The number of methoxy groups -OCH3 is 2. The van der Waals surface area contributed by atoms with Crippen LogP contribution in [0.4, 0.5) is 5.69 Å². The average molecular weight is 354 g/mol. The summed E-state index contributed by atoms with van der Waals surface area (Å²) in [5, 5.41) is 2.95. The molecule has 0 bridgehead atoms. The molecule has 0 spiro atoms. The minimum atomic E-state index is -0.185. The molecule has 1 saturated heterocycles. The van der Waals surface area contributed by atoms with Gasteiger partial charge in [-0.2, -0.15) is 0 Å². The molecular weight excluding hydrogens is 332 g/mol. The molecule has 1 heterocycles. The first-order chi connectivity index (χ1) is 12.6. The van der Waals surface area contributed by atoms with Crippen LogP contribution in [0.25, 0.3) is 0 Å². The predicted molar refractivity (Wildman–Crippen MR) is 98.6 cm³/mol. The minimum absolute atomic E-state index is 0.00455. The molecule has 6 heteroatoms. The van der Waals surface area contributed by atoms with Crippen LogP contribution in [0.1, 0.15) is 12.0 Å². The molecule has 1 N–H and O–H groups in total. The van der Waals surface area contributed by atoms with Crippen molar-refractivity contribution in [2.75, 3.05) is 25.7 Å². The van der Waals surface area contributed by atoms with Gasteiger partial charge in [0, 0.05) is 18.7 Å². The summed E-state index contributed by atoms with van der Waals surface area (Å²) in [7, 11) is 3.21. The Hall–Kier alpha value is -3.02. The highest BCUT2D eigenvalue weighted by atomic mass is 16.5. The predicted octanol–water partition coefficient (Wildman–Crippen LogP) is 2.17. The summed E-state index contributed by atoms with van der Waals surface area (Å²) >= 11 is 0. The molecule has 6 nitrogen and oxygen atoms in total. The van der Waals surface area contributed by atoms with Gasteiger partial charge < -0.3 is 19.7 Å². The summed E-state index contributed by atoms with van der Waals surface area (Å²) in [6.45, 7) is 0.472. The molecule has 1 aliphatic heterocycles. The smallest absolute Gasteiger partial charge is 0.229 e. The summed E-state index contributed by atoms with van der Waals surface area (Å²) in [6.07, 6.45) is 0.581. The number of nitrogens with zero attached hydrogens (tertiary/aromatic N) is 1. The number of carbonyl (C=O) groups is 2. The van der Waals surface area contributed by atoms with E-state index in [2.05, 4.69) is 5.32 Å². The zero-order chi connectivity index (χ0) is 18.5. The zero-order valence-corrected chi connectivity index (χ0v) is 14.9. The van der Waals surface area contributed by atoms with Gasteiger partial charge in [0.15, 0.2) is 0 Å². The number of hydrogen-bond acceptors (Lipinski definition) is 4. The third-order valence-corrected chi connectivity index (χ3v) is 4.40. The number of ether oxygens (including phenoxy) is 2. The van der Waals surface area contributed by atoms with Crippen molar-refractivity contribution >= 4 is 17.5 Å².